The van der Waals surface area contributed by atoms with E-state index in [4.69, 9.17) is 4.74 Å². The molecule has 0 aliphatic carbocycles. The van der Waals surface area contributed by atoms with Gasteiger partial charge in [0.1, 0.15) is 5.75 Å². The molecule has 3 unspecified atom stereocenters. The van der Waals surface area contributed by atoms with E-state index in [0.29, 0.717) is 23.9 Å². The zero-order valence-electron chi connectivity index (χ0n) is 14.2. The molecule has 0 saturated carbocycles. The second-order valence-corrected chi connectivity index (χ2v) is 7.44. The van der Waals surface area contributed by atoms with Crippen molar-refractivity contribution in [2.75, 3.05) is 20.3 Å². The molecule has 0 amide bonds. The first-order valence-electron chi connectivity index (χ1n) is 8.95. The fraction of sp³-hybridized carbons (Fsp3) is 0.500. The van der Waals surface area contributed by atoms with Crippen LogP contribution in [0.1, 0.15) is 30.6 Å². The van der Waals surface area contributed by atoms with Gasteiger partial charge >= 0.3 is 0 Å². The molecule has 1 aromatic carbocycles. The number of hydrogen-bond donors (Lipinski definition) is 2. The number of methoxy groups -OCH3 is 1. The number of piperidine rings is 3. The second-order valence-electron chi connectivity index (χ2n) is 7.44. The molecule has 4 heteroatoms. The Morgan fingerprint density at radius 3 is 3.04 bits per heavy atom. The van der Waals surface area contributed by atoms with E-state index >= 15 is 0 Å². The molecule has 0 spiro atoms. The van der Waals surface area contributed by atoms with Crippen LogP contribution in [0.3, 0.4) is 0 Å². The van der Waals surface area contributed by atoms with Crippen molar-refractivity contribution in [2.24, 2.45) is 11.8 Å². The Kier molecular flexibility index (Phi) is 3.10. The number of rotatable bonds is 2. The van der Waals surface area contributed by atoms with Gasteiger partial charge in [0, 0.05) is 41.7 Å². The van der Waals surface area contributed by atoms with Crippen molar-refractivity contribution < 1.29 is 9.84 Å². The molecule has 5 heterocycles. The summed E-state index contributed by atoms with van der Waals surface area (Å²) in [5.41, 5.74) is 5.56. The van der Waals surface area contributed by atoms with Crippen LogP contribution in [0.4, 0.5) is 0 Å². The van der Waals surface area contributed by atoms with Gasteiger partial charge in [-0.2, -0.15) is 0 Å². The van der Waals surface area contributed by atoms with Gasteiger partial charge in [0.05, 0.1) is 13.2 Å². The summed E-state index contributed by atoms with van der Waals surface area (Å²) in [6.07, 6.45) is 4.42. The van der Waals surface area contributed by atoms with Gasteiger partial charge in [-0.15, -0.1) is 0 Å². The fourth-order valence-corrected chi connectivity index (χ4v) is 5.47. The number of H-pyrrole nitrogens is 1. The summed E-state index contributed by atoms with van der Waals surface area (Å²) in [6.45, 7) is 3.49. The van der Waals surface area contributed by atoms with Crippen LogP contribution in [0.2, 0.25) is 0 Å². The maximum Gasteiger partial charge on any atom is 0.119 e. The number of aromatic amines is 1. The van der Waals surface area contributed by atoms with Crippen LogP contribution in [0.5, 0.6) is 5.75 Å². The van der Waals surface area contributed by atoms with E-state index in [1.165, 1.54) is 27.7 Å². The summed E-state index contributed by atoms with van der Waals surface area (Å²) in [5.74, 6) is 1.82. The molecule has 3 saturated heterocycles. The van der Waals surface area contributed by atoms with Crippen molar-refractivity contribution in [3.63, 3.8) is 0 Å². The van der Waals surface area contributed by atoms with E-state index < -0.39 is 0 Å². The Labute approximate surface area is 142 Å². The fourth-order valence-electron chi connectivity index (χ4n) is 5.47. The van der Waals surface area contributed by atoms with E-state index in [2.05, 4.69) is 35.0 Å². The lowest BCUT2D eigenvalue weighted by molar-refractivity contribution is -0.0503. The Balaban J connectivity index is 1.66. The van der Waals surface area contributed by atoms with Crippen LogP contribution in [-0.4, -0.2) is 41.3 Å². The van der Waals surface area contributed by atoms with E-state index in [9.17, 15) is 5.11 Å². The monoisotopic (exact) mass is 324 g/mol. The average molecular weight is 324 g/mol. The number of fused-ring (bicyclic) bond motifs is 4. The molecule has 3 fully saturated rings. The van der Waals surface area contributed by atoms with E-state index in [1.54, 1.807) is 7.11 Å². The number of aliphatic hydroxyl groups excluding tert-OH is 1. The number of nitrogens with one attached hydrogen (secondary N) is 1. The summed E-state index contributed by atoms with van der Waals surface area (Å²) in [5, 5.41) is 11.3. The maximum atomic E-state index is 10.1. The predicted molar refractivity (Wildman–Crippen MR) is 94.2 cm³/mol. The minimum atomic E-state index is 0.289. The van der Waals surface area contributed by atoms with Crippen LogP contribution < -0.4 is 4.74 Å². The number of hydrogen-bond acceptors (Lipinski definition) is 3. The smallest absolute Gasteiger partial charge is 0.119 e. The Hall–Kier alpha value is -1.78. The molecule has 2 N–H and O–H groups in total. The average Bonchev–Trinajstić information content (AvgIpc) is 2.99. The molecule has 0 radical (unpaired) electrons. The first-order valence-corrected chi connectivity index (χ1v) is 8.95. The third-order valence-corrected chi connectivity index (χ3v) is 6.63. The number of aromatic nitrogens is 1. The van der Waals surface area contributed by atoms with Crippen molar-refractivity contribution >= 4 is 10.9 Å². The lowest BCUT2D eigenvalue weighted by Crippen LogP contribution is -2.60. The van der Waals surface area contributed by atoms with Gasteiger partial charge in [0.25, 0.3) is 0 Å². The lowest BCUT2D eigenvalue weighted by atomic mass is 9.64. The van der Waals surface area contributed by atoms with Crippen LogP contribution in [-0.2, 0) is 6.42 Å². The van der Waals surface area contributed by atoms with Gasteiger partial charge in [0.2, 0.25) is 0 Å². The summed E-state index contributed by atoms with van der Waals surface area (Å²) in [6, 6.07) is 7.24. The second kappa shape index (κ2) is 5.11. The van der Waals surface area contributed by atoms with Crippen LogP contribution >= 0.6 is 0 Å². The van der Waals surface area contributed by atoms with Crippen LogP contribution in [0.25, 0.3) is 10.9 Å². The van der Waals surface area contributed by atoms with Gasteiger partial charge in [-0.05, 0) is 49.4 Å². The molecule has 2 aromatic rings. The third kappa shape index (κ3) is 1.76. The third-order valence-electron chi connectivity index (χ3n) is 6.63. The van der Waals surface area contributed by atoms with E-state index in [-0.39, 0.29) is 6.61 Å². The summed E-state index contributed by atoms with van der Waals surface area (Å²) >= 11 is 0. The maximum absolute atomic E-state index is 10.1. The predicted octanol–water partition coefficient (Wildman–Crippen LogP) is 3.03. The first-order chi connectivity index (χ1) is 11.7. The normalized spacial score (nSPS) is 35.5. The molecule has 1 aromatic heterocycles. The molecule has 5 atom stereocenters. The number of nitrogens with zero attached hydrogens (tertiary/aromatic N) is 1. The zero-order valence-corrected chi connectivity index (χ0v) is 14.2. The van der Waals surface area contributed by atoms with Crippen molar-refractivity contribution in [1.82, 2.24) is 9.88 Å². The van der Waals surface area contributed by atoms with Gasteiger partial charge < -0.3 is 14.8 Å². The highest BCUT2D eigenvalue weighted by Gasteiger charge is 2.52. The zero-order chi connectivity index (χ0) is 16.4. The largest absolute Gasteiger partial charge is 0.497 e. The SMILES string of the molecule is C/C=C1\CN2C3Cc4c([nH]c5ccc(OC)cc45)[C@@H]2C[C@@H]1C3CO. The van der Waals surface area contributed by atoms with Gasteiger partial charge in [-0.3, -0.25) is 4.90 Å². The lowest BCUT2D eigenvalue weighted by Gasteiger charge is -2.58. The van der Waals surface area contributed by atoms with E-state index in [1.807, 2.05) is 6.07 Å². The summed E-state index contributed by atoms with van der Waals surface area (Å²) in [7, 11) is 1.72. The van der Waals surface area contributed by atoms with Crippen LogP contribution in [0.15, 0.2) is 29.8 Å². The molecule has 4 bridgehead atoms. The molecule has 126 valence electrons. The van der Waals surface area contributed by atoms with Crippen LogP contribution in [0, 0.1) is 11.8 Å². The molecule has 4 aliphatic rings. The quantitative estimate of drug-likeness (QED) is 0.835. The van der Waals surface area contributed by atoms with Gasteiger partial charge in [-0.1, -0.05) is 11.6 Å². The molecule has 24 heavy (non-hydrogen) atoms. The molecular weight excluding hydrogens is 300 g/mol. The molecule has 4 aliphatic heterocycles. The van der Waals surface area contributed by atoms with E-state index in [0.717, 1.165) is 25.1 Å². The van der Waals surface area contributed by atoms with Crippen molar-refractivity contribution in [3.05, 3.63) is 41.1 Å². The van der Waals surface area contributed by atoms with Gasteiger partial charge in [0.15, 0.2) is 0 Å². The minimum absolute atomic E-state index is 0.289. The molecular formula is C20H24N2O2. The Morgan fingerprint density at radius 2 is 2.29 bits per heavy atom. The standard InChI is InChI=1S/C20H24N2O2/c1-3-11-9-22-18-8-15-14-6-12(24-2)4-5-17(14)21-20(15)19(22)7-13(11)16(18)10-23/h3-6,13,16,18-19,21,23H,7-10H2,1-2H3/b11-3+/t13-,16?,18?,19-/m0/s1. The highest BCUT2D eigenvalue weighted by molar-refractivity contribution is 5.86. The van der Waals surface area contributed by atoms with Crippen molar-refractivity contribution in [1.29, 1.82) is 0 Å². The number of ether oxygens (including phenoxy) is 1. The number of aliphatic hydroxyl groups is 1. The first kappa shape index (κ1) is 14.6. The number of allylic oxidation sites excluding steroid dienone is 1. The minimum Gasteiger partial charge on any atom is -0.497 e. The van der Waals surface area contributed by atoms with Crippen molar-refractivity contribution in [3.8, 4) is 5.75 Å². The highest BCUT2D eigenvalue weighted by atomic mass is 16.5. The topological polar surface area (TPSA) is 48.5 Å². The Bertz CT molecular complexity index is 838. The molecule has 6 rings (SSSR count). The number of benzene rings is 1. The van der Waals surface area contributed by atoms with Crippen molar-refractivity contribution in [2.45, 2.75) is 31.8 Å². The van der Waals surface area contributed by atoms with Gasteiger partial charge in [-0.25, -0.2) is 0 Å². The molecule has 4 nitrogen and oxygen atoms in total. The Morgan fingerprint density at radius 1 is 1.42 bits per heavy atom. The summed E-state index contributed by atoms with van der Waals surface area (Å²) in [4.78, 5) is 6.32. The summed E-state index contributed by atoms with van der Waals surface area (Å²) < 4.78 is 5.43. The highest BCUT2D eigenvalue weighted by Crippen LogP contribution is 2.54.